The highest BCUT2D eigenvalue weighted by atomic mass is 32.2. The van der Waals surface area contributed by atoms with Gasteiger partial charge in [-0.3, -0.25) is 0 Å². The van der Waals surface area contributed by atoms with Crippen LogP contribution < -0.4 is 9.46 Å². The molecule has 1 aromatic carbocycles. The Morgan fingerprint density at radius 3 is 2.25 bits per heavy atom. The number of ether oxygens (including phenoxy) is 1. The number of rotatable bonds is 7. The van der Waals surface area contributed by atoms with Crippen molar-refractivity contribution in [2.45, 2.75) is 64.5 Å². The fourth-order valence-electron chi connectivity index (χ4n) is 1.92. The van der Waals surface area contributed by atoms with Gasteiger partial charge >= 0.3 is 0 Å². The molecule has 0 aliphatic rings. The Hall–Kier alpha value is -1.07. The summed E-state index contributed by atoms with van der Waals surface area (Å²) in [4.78, 5) is 0.290. The van der Waals surface area contributed by atoms with E-state index in [-0.39, 0.29) is 17.0 Å². The molecule has 0 spiro atoms. The number of aryl methyl sites for hydroxylation is 1. The topological polar surface area (TPSA) is 55.4 Å². The molecule has 0 heterocycles. The summed E-state index contributed by atoms with van der Waals surface area (Å²) in [5.41, 5.74) is 0.825. The molecule has 4 nitrogen and oxygen atoms in total. The summed E-state index contributed by atoms with van der Waals surface area (Å²) in [7, 11) is -3.46. The Kier molecular flexibility index (Phi) is 6.02. The Morgan fingerprint density at radius 2 is 1.80 bits per heavy atom. The van der Waals surface area contributed by atoms with Crippen LogP contribution in [0.4, 0.5) is 0 Å². The molecule has 0 bridgehead atoms. The average Bonchev–Trinajstić information content (AvgIpc) is 2.37. The van der Waals surface area contributed by atoms with E-state index in [2.05, 4.69) is 4.72 Å². The standard InChI is InChI=1S/C15H25NO3S/c1-6-13(7-2)16-20(17,18)14-8-9-15(12(5)10-14)19-11(3)4/h8-11,13,16H,6-7H2,1-5H3. The van der Waals surface area contributed by atoms with Gasteiger partial charge in [0.05, 0.1) is 11.0 Å². The first-order valence-electron chi connectivity index (χ1n) is 7.09. The molecule has 0 aliphatic carbocycles. The zero-order chi connectivity index (χ0) is 15.3. The van der Waals surface area contributed by atoms with Crippen LogP contribution in [0.15, 0.2) is 23.1 Å². The maximum atomic E-state index is 12.3. The van der Waals surface area contributed by atoms with E-state index >= 15 is 0 Å². The lowest BCUT2D eigenvalue weighted by atomic mass is 10.2. The SMILES string of the molecule is CCC(CC)NS(=O)(=O)c1ccc(OC(C)C)c(C)c1. The number of hydrogen-bond acceptors (Lipinski definition) is 3. The lowest BCUT2D eigenvalue weighted by Crippen LogP contribution is -2.33. The highest BCUT2D eigenvalue weighted by Crippen LogP contribution is 2.23. The van der Waals surface area contributed by atoms with Crippen LogP contribution in [0.25, 0.3) is 0 Å². The quantitative estimate of drug-likeness (QED) is 0.841. The van der Waals surface area contributed by atoms with E-state index in [0.29, 0.717) is 0 Å². The molecule has 0 saturated carbocycles. The monoisotopic (exact) mass is 299 g/mol. The molecular formula is C15H25NO3S. The zero-order valence-corrected chi connectivity index (χ0v) is 13.8. The lowest BCUT2D eigenvalue weighted by Gasteiger charge is -2.17. The molecule has 20 heavy (non-hydrogen) atoms. The van der Waals surface area contributed by atoms with Crippen LogP contribution >= 0.6 is 0 Å². The Bertz CT molecular complexity index is 534. The Labute approximate surface area is 122 Å². The van der Waals surface area contributed by atoms with Gasteiger partial charge in [-0.15, -0.1) is 0 Å². The normalized spacial score (nSPS) is 12.2. The summed E-state index contributed by atoms with van der Waals surface area (Å²) in [6.45, 7) is 9.69. The lowest BCUT2D eigenvalue weighted by molar-refractivity contribution is 0.240. The summed E-state index contributed by atoms with van der Waals surface area (Å²) in [6, 6.07) is 4.95. The zero-order valence-electron chi connectivity index (χ0n) is 12.9. The average molecular weight is 299 g/mol. The maximum Gasteiger partial charge on any atom is 0.240 e. The second kappa shape index (κ2) is 7.09. The summed E-state index contributed by atoms with van der Waals surface area (Å²) >= 11 is 0. The molecule has 1 N–H and O–H groups in total. The van der Waals surface area contributed by atoms with Gasteiger partial charge in [-0.25, -0.2) is 13.1 Å². The molecule has 0 aliphatic heterocycles. The van der Waals surface area contributed by atoms with Crippen LogP contribution in [0.2, 0.25) is 0 Å². The van der Waals surface area contributed by atoms with Gasteiger partial charge in [-0.2, -0.15) is 0 Å². The molecule has 0 radical (unpaired) electrons. The van der Waals surface area contributed by atoms with Crippen molar-refractivity contribution >= 4 is 10.0 Å². The van der Waals surface area contributed by atoms with Crippen molar-refractivity contribution in [3.8, 4) is 5.75 Å². The number of sulfonamides is 1. The van der Waals surface area contributed by atoms with Gasteiger partial charge in [0.25, 0.3) is 0 Å². The summed E-state index contributed by atoms with van der Waals surface area (Å²) in [5, 5.41) is 0. The second-order valence-electron chi connectivity index (χ2n) is 5.23. The molecule has 114 valence electrons. The van der Waals surface area contributed by atoms with Gasteiger partial charge in [0, 0.05) is 6.04 Å². The Morgan fingerprint density at radius 1 is 1.20 bits per heavy atom. The highest BCUT2D eigenvalue weighted by Gasteiger charge is 2.19. The smallest absolute Gasteiger partial charge is 0.240 e. The molecule has 0 fully saturated rings. The summed E-state index contributed by atoms with van der Waals surface area (Å²) in [6.07, 6.45) is 1.63. The van der Waals surface area contributed by atoms with Gasteiger partial charge in [-0.1, -0.05) is 13.8 Å². The third-order valence-corrected chi connectivity index (χ3v) is 4.64. The van der Waals surface area contributed by atoms with E-state index in [1.54, 1.807) is 18.2 Å². The Balaban J connectivity index is 2.99. The second-order valence-corrected chi connectivity index (χ2v) is 6.94. The third-order valence-electron chi connectivity index (χ3n) is 3.13. The first kappa shape index (κ1) is 17.0. The van der Waals surface area contributed by atoms with Gasteiger partial charge in [-0.05, 0) is 57.4 Å². The van der Waals surface area contributed by atoms with E-state index in [9.17, 15) is 8.42 Å². The van der Waals surface area contributed by atoms with Crippen LogP contribution in [-0.4, -0.2) is 20.6 Å². The largest absolute Gasteiger partial charge is 0.491 e. The fraction of sp³-hybridized carbons (Fsp3) is 0.600. The van der Waals surface area contributed by atoms with Gasteiger partial charge < -0.3 is 4.74 Å². The van der Waals surface area contributed by atoms with Gasteiger partial charge in [0.15, 0.2) is 0 Å². The molecule has 0 aromatic heterocycles. The van der Waals surface area contributed by atoms with E-state index in [4.69, 9.17) is 4.74 Å². The van der Waals surface area contributed by atoms with Crippen molar-refractivity contribution in [2.24, 2.45) is 0 Å². The van der Waals surface area contributed by atoms with E-state index < -0.39 is 10.0 Å². The first-order valence-corrected chi connectivity index (χ1v) is 8.58. The minimum absolute atomic E-state index is 0.0214. The molecule has 0 amide bonds. The van der Waals surface area contributed by atoms with Crippen LogP contribution in [0.1, 0.15) is 46.1 Å². The van der Waals surface area contributed by atoms with Crippen molar-refractivity contribution < 1.29 is 13.2 Å². The molecule has 0 unspecified atom stereocenters. The van der Waals surface area contributed by atoms with Crippen molar-refractivity contribution in [1.29, 1.82) is 0 Å². The minimum Gasteiger partial charge on any atom is -0.491 e. The molecule has 5 heteroatoms. The molecule has 0 saturated heterocycles. The van der Waals surface area contributed by atoms with Crippen LogP contribution in [-0.2, 0) is 10.0 Å². The van der Waals surface area contributed by atoms with E-state index in [1.165, 1.54) is 0 Å². The highest BCUT2D eigenvalue weighted by molar-refractivity contribution is 7.89. The molecule has 1 rings (SSSR count). The van der Waals surface area contributed by atoms with Gasteiger partial charge in [0.1, 0.15) is 5.75 Å². The number of hydrogen-bond donors (Lipinski definition) is 1. The van der Waals surface area contributed by atoms with Crippen molar-refractivity contribution in [2.75, 3.05) is 0 Å². The number of nitrogens with one attached hydrogen (secondary N) is 1. The van der Waals surface area contributed by atoms with Crippen LogP contribution in [0.5, 0.6) is 5.75 Å². The minimum atomic E-state index is -3.46. The van der Waals surface area contributed by atoms with Crippen molar-refractivity contribution in [3.63, 3.8) is 0 Å². The number of benzene rings is 1. The molecule has 1 aromatic rings. The predicted molar refractivity (Wildman–Crippen MR) is 81.6 cm³/mol. The maximum absolute atomic E-state index is 12.3. The predicted octanol–water partition coefficient (Wildman–Crippen LogP) is 3.25. The third kappa shape index (κ3) is 4.49. The molecule has 0 atom stereocenters. The van der Waals surface area contributed by atoms with Crippen molar-refractivity contribution in [1.82, 2.24) is 4.72 Å². The summed E-state index contributed by atoms with van der Waals surface area (Å²) in [5.74, 6) is 0.724. The first-order chi connectivity index (χ1) is 9.30. The summed E-state index contributed by atoms with van der Waals surface area (Å²) < 4.78 is 32.9. The molecular weight excluding hydrogens is 274 g/mol. The van der Waals surface area contributed by atoms with E-state index in [1.807, 2.05) is 34.6 Å². The van der Waals surface area contributed by atoms with Crippen LogP contribution in [0.3, 0.4) is 0 Å². The van der Waals surface area contributed by atoms with Crippen molar-refractivity contribution in [3.05, 3.63) is 23.8 Å². The van der Waals surface area contributed by atoms with Gasteiger partial charge in [0.2, 0.25) is 10.0 Å². The van der Waals surface area contributed by atoms with E-state index in [0.717, 1.165) is 24.2 Å². The fourth-order valence-corrected chi connectivity index (χ4v) is 3.41. The van der Waals surface area contributed by atoms with Crippen LogP contribution in [0, 0.1) is 6.92 Å².